The second-order valence-corrected chi connectivity index (χ2v) is 5.21. The first-order valence-electron chi connectivity index (χ1n) is 5.85. The molecule has 0 N–H and O–H groups in total. The van der Waals surface area contributed by atoms with E-state index in [1.165, 1.54) is 0 Å². The maximum Gasteiger partial charge on any atom is 0.120 e. The molecule has 1 aromatic rings. The molecular formula is C14H19ClN2O. The Hall–Kier alpha value is -1.24. The molecule has 3 nitrogen and oxygen atoms in total. The molecule has 0 fully saturated rings. The topological polar surface area (TPSA) is 36.3 Å². The Morgan fingerprint density at radius 1 is 1.44 bits per heavy atom. The molecule has 0 atom stereocenters. The van der Waals surface area contributed by atoms with Crippen LogP contribution >= 0.6 is 11.6 Å². The van der Waals surface area contributed by atoms with Crippen molar-refractivity contribution in [3.63, 3.8) is 0 Å². The molecule has 0 saturated carbocycles. The molecule has 0 amide bonds. The standard InChI is InChI=1S/C14H19ClN2O/c1-14(2,10-16)17(3)8-7-11-5-6-12(18-4)9-13(11)15/h5-6,9H,7-8H2,1-4H3. The summed E-state index contributed by atoms with van der Waals surface area (Å²) in [4.78, 5) is 2.02. The van der Waals surface area contributed by atoms with Crippen molar-refractivity contribution >= 4 is 11.6 Å². The van der Waals surface area contributed by atoms with Gasteiger partial charge in [0.2, 0.25) is 0 Å². The highest BCUT2D eigenvalue weighted by atomic mass is 35.5. The molecule has 1 rings (SSSR count). The molecule has 0 unspecified atom stereocenters. The lowest BCUT2D eigenvalue weighted by atomic mass is 10.0. The molecule has 0 heterocycles. The Kier molecular flexibility index (Phi) is 5.01. The van der Waals surface area contributed by atoms with Crippen molar-refractivity contribution in [2.45, 2.75) is 25.8 Å². The first kappa shape index (κ1) is 14.8. The van der Waals surface area contributed by atoms with Gasteiger partial charge >= 0.3 is 0 Å². The molecule has 18 heavy (non-hydrogen) atoms. The lowest BCUT2D eigenvalue weighted by molar-refractivity contribution is 0.214. The summed E-state index contributed by atoms with van der Waals surface area (Å²) in [6.07, 6.45) is 0.810. The van der Waals surface area contributed by atoms with Gasteiger partial charge in [-0.3, -0.25) is 4.90 Å². The summed E-state index contributed by atoms with van der Waals surface area (Å²) in [6, 6.07) is 7.96. The van der Waals surface area contributed by atoms with Crippen molar-refractivity contribution < 1.29 is 4.74 Å². The van der Waals surface area contributed by atoms with Crippen LogP contribution in [0, 0.1) is 11.3 Å². The average Bonchev–Trinajstić information content (AvgIpc) is 2.36. The van der Waals surface area contributed by atoms with Crippen LogP contribution in [-0.4, -0.2) is 31.1 Å². The van der Waals surface area contributed by atoms with E-state index in [9.17, 15) is 0 Å². The Labute approximate surface area is 114 Å². The van der Waals surface area contributed by atoms with Gasteiger partial charge in [-0.15, -0.1) is 0 Å². The fourth-order valence-corrected chi connectivity index (χ4v) is 1.78. The summed E-state index contributed by atoms with van der Waals surface area (Å²) in [5, 5.41) is 9.76. The van der Waals surface area contributed by atoms with Crippen LogP contribution in [0.2, 0.25) is 5.02 Å². The van der Waals surface area contributed by atoms with Gasteiger partial charge in [0.05, 0.1) is 13.2 Å². The van der Waals surface area contributed by atoms with E-state index >= 15 is 0 Å². The monoisotopic (exact) mass is 266 g/mol. The van der Waals surface area contributed by atoms with E-state index in [-0.39, 0.29) is 0 Å². The van der Waals surface area contributed by atoms with Crippen molar-refractivity contribution in [2.24, 2.45) is 0 Å². The normalized spacial score (nSPS) is 11.4. The predicted octanol–water partition coefficient (Wildman–Crippen LogP) is 3.13. The number of rotatable bonds is 5. The van der Waals surface area contributed by atoms with Crippen LogP contribution in [0.5, 0.6) is 5.75 Å². The van der Waals surface area contributed by atoms with Gasteiger partial charge in [-0.25, -0.2) is 0 Å². The van der Waals surface area contributed by atoms with Gasteiger partial charge in [0.25, 0.3) is 0 Å². The smallest absolute Gasteiger partial charge is 0.120 e. The van der Waals surface area contributed by atoms with Crippen molar-refractivity contribution in [3.8, 4) is 11.8 Å². The number of methoxy groups -OCH3 is 1. The Morgan fingerprint density at radius 3 is 2.61 bits per heavy atom. The molecule has 1 aromatic carbocycles. The molecule has 0 spiro atoms. The Bertz CT molecular complexity index is 452. The minimum atomic E-state index is -0.459. The van der Waals surface area contributed by atoms with E-state index < -0.39 is 5.54 Å². The molecule has 0 saturated heterocycles. The second kappa shape index (κ2) is 6.08. The number of hydrogen-bond donors (Lipinski definition) is 0. The highest BCUT2D eigenvalue weighted by Crippen LogP contribution is 2.23. The molecule has 0 aliphatic heterocycles. The van der Waals surface area contributed by atoms with Gasteiger partial charge in [0, 0.05) is 11.6 Å². The molecule has 0 aliphatic carbocycles. The number of nitriles is 1. The van der Waals surface area contributed by atoms with Crippen LogP contribution in [0.15, 0.2) is 18.2 Å². The summed E-state index contributed by atoms with van der Waals surface area (Å²) in [5.74, 6) is 0.759. The molecule has 98 valence electrons. The molecule has 0 aromatic heterocycles. The SMILES string of the molecule is COc1ccc(CCN(C)C(C)(C)C#N)c(Cl)c1. The Balaban J connectivity index is 2.67. The summed E-state index contributed by atoms with van der Waals surface area (Å²) in [5.41, 5.74) is 0.608. The van der Waals surface area contributed by atoms with Gasteiger partial charge in [-0.1, -0.05) is 17.7 Å². The van der Waals surface area contributed by atoms with Gasteiger partial charge in [-0.05, 0) is 45.0 Å². The van der Waals surface area contributed by atoms with E-state index in [2.05, 4.69) is 6.07 Å². The van der Waals surface area contributed by atoms with Crippen molar-refractivity contribution in [1.29, 1.82) is 5.26 Å². The average molecular weight is 267 g/mol. The quantitative estimate of drug-likeness (QED) is 0.822. The van der Waals surface area contributed by atoms with Crippen LogP contribution in [0.3, 0.4) is 0 Å². The highest BCUT2D eigenvalue weighted by Gasteiger charge is 2.22. The van der Waals surface area contributed by atoms with Crippen LogP contribution in [0.1, 0.15) is 19.4 Å². The van der Waals surface area contributed by atoms with E-state index in [1.54, 1.807) is 7.11 Å². The lowest BCUT2D eigenvalue weighted by Gasteiger charge is -2.29. The Morgan fingerprint density at radius 2 is 2.11 bits per heavy atom. The minimum Gasteiger partial charge on any atom is -0.497 e. The molecule has 4 heteroatoms. The van der Waals surface area contributed by atoms with E-state index in [0.717, 1.165) is 24.3 Å². The fourth-order valence-electron chi connectivity index (χ4n) is 1.51. The molecule has 0 aliphatic rings. The molecule has 0 radical (unpaired) electrons. The maximum atomic E-state index is 9.05. The number of benzene rings is 1. The van der Waals surface area contributed by atoms with Crippen molar-refractivity contribution in [3.05, 3.63) is 28.8 Å². The van der Waals surface area contributed by atoms with Crippen LogP contribution < -0.4 is 4.74 Å². The third-order valence-corrected chi connectivity index (χ3v) is 3.56. The van der Waals surface area contributed by atoms with Crippen LogP contribution in [0.25, 0.3) is 0 Å². The van der Waals surface area contributed by atoms with Gasteiger partial charge in [0.15, 0.2) is 0 Å². The van der Waals surface area contributed by atoms with Crippen molar-refractivity contribution in [2.75, 3.05) is 20.7 Å². The highest BCUT2D eigenvalue weighted by molar-refractivity contribution is 6.31. The number of likely N-dealkylation sites (N-methyl/N-ethyl adjacent to an activating group) is 1. The molecule has 0 bridgehead atoms. The molecular weight excluding hydrogens is 248 g/mol. The lowest BCUT2D eigenvalue weighted by Crippen LogP contribution is -2.40. The van der Waals surface area contributed by atoms with Crippen molar-refractivity contribution in [1.82, 2.24) is 4.90 Å². The number of hydrogen-bond acceptors (Lipinski definition) is 3. The van der Waals surface area contributed by atoms with E-state index in [0.29, 0.717) is 5.02 Å². The zero-order chi connectivity index (χ0) is 13.8. The van der Waals surface area contributed by atoms with Gasteiger partial charge in [-0.2, -0.15) is 5.26 Å². The number of ether oxygens (including phenoxy) is 1. The predicted molar refractivity (Wildman–Crippen MR) is 74.0 cm³/mol. The van der Waals surface area contributed by atoms with Crippen LogP contribution in [0.4, 0.5) is 0 Å². The largest absolute Gasteiger partial charge is 0.497 e. The summed E-state index contributed by atoms with van der Waals surface area (Å²) in [7, 11) is 3.56. The summed E-state index contributed by atoms with van der Waals surface area (Å²) in [6.45, 7) is 4.60. The summed E-state index contributed by atoms with van der Waals surface area (Å²) >= 11 is 6.18. The first-order valence-corrected chi connectivity index (χ1v) is 6.23. The zero-order valence-corrected chi connectivity index (χ0v) is 12.1. The first-order chi connectivity index (χ1) is 8.40. The summed E-state index contributed by atoms with van der Waals surface area (Å²) < 4.78 is 5.11. The second-order valence-electron chi connectivity index (χ2n) is 4.80. The third kappa shape index (κ3) is 3.63. The van der Waals surface area contributed by atoms with E-state index in [1.807, 2.05) is 44.0 Å². The van der Waals surface area contributed by atoms with Crippen LogP contribution in [-0.2, 0) is 6.42 Å². The number of halogens is 1. The fraction of sp³-hybridized carbons (Fsp3) is 0.500. The maximum absolute atomic E-state index is 9.05. The number of nitrogens with zero attached hydrogens (tertiary/aromatic N) is 2. The zero-order valence-electron chi connectivity index (χ0n) is 11.3. The third-order valence-electron chi connectivity index (χ3n) is 3.20. The minimum absolute atomic E-state index is 0.459. The van der Waals surface area contributed by atoms with Gasteiger partial charge in [0.1, 0.15) is 11.3 Å². The van der Waals surface area contributed by atoms with E-state index in [4.69, 9.17) is 21.6 Å². The van der Waals surface area contributed by atoms with Gasteiger partial charge < -0.3 is 4.74 Å².